The Labute approximate surface area is 170 Å². The Morgan fingerprint density at radius 2 is 2.14 bits per heavy atom. The van der Waals surface area contributed by atoms with Gasteiger partial charge in [-0.2, -0.15) is 5.10 Å². The van der Waals surface area contributed by atoms with Crippen LogP contribution in [-0.2, 0) is 9.59 Å². The first-order valence-corrected chi connectivity index (χ1v) is 9.61. The highest BCUT2D eigenvalue weighted by molar-refractivity contribution is 9.10. The van der Waals surface area contributed by atoms with Gasteiger partial charge >= 0.3 is 0 Å². The quantitative estimate of drug-likeness (QED) is 0.361. The maximum Gasteiger partial charge on any atom is 0.253 e. The van der Waals surface area contributed by atoms with Crippen molar-refractivity contribution < 1.29 is 19.4 Å². The molecule has 0 bridgehead atoms. The zero-order chi connectivity index (χ0) is 20.1. The van der Waals surface area contributed by atoms with E-state index in [4.69, 9.17) is 4.74 Å². The average Bonchev–Trinajstić information content (AvgIpc) is 3.07. The van der Waals surface area contributed by atoms with E-state index in [1.807, 2.05) is 37.3 Å². The van der Waals surface area contributed by atoms with Crippen molar-refractivity contribution in [3.63, 3.8) is 0 Å². The number of hydrogen-bond donors (Lipinski definition) is 3. The van der Waals surface area contributed by atoms with E-state index in [0.29, 0.717) is 28.9 Å². The molecule has 3 rings (SSSR count). The Kier molecular flexibility index (Phi) is 6.30. The summed E-state index contributed by atoms with van der Waals surface area (Å²) in [6.07, 6.45) is 1.31. The summed E-state index contributed by atoms with van der Waals surface area (Å²) >= 11 is 3.34. The second kappa shape index (κ2) is 8.88. The molecule has 2 aromatic rings. The lowest BCUT2D eigenvalue weighted by atomic mass is 9.88. The van der Waals surface area contributed by atoms with Crippen LogP contribution in [0.4, 0.5) is 0 Å². The van der Waals surface area contributed by atoms with E-state index < -0.39 is 11.8 Å². The molecule has 0 spiro atoms. The summed E-state index contributed by atoms with van der Waals surface area (Å²) in [5.74, 6) is -1.72. The van der Waals surface area contributed by atoms with Gasteiger partial charge in [0, 0.05) is 22.5 Å². The SMILES string of the molecule is CCOc1cc(Br)cc(/C=N/NC(=O)[C@@H]2C(=O)NC[C@@H]2c2ccccc2)c1O. The van der Waals surface area contributed by atoms with E-state index in [1.165, 1.54) is 6.21 Å². The summed E-state index contributed by atoms with van der Waals surface area (Å²) in [6.45, 7) is 2.61. The predicted octanol–water partition coefficient (Wildman–Crippen LogP) is 2.53. The molecule has 0 radical (unpaired) electrons. The van der Waals surface area contributed by atoms with Crippen molar-refractivity contribution in [3.8, 4) is 11.5 Å². The van der Waals surface area contributed by atoms with Crippen LogP contribution in [-0.4, -0.2) is 36.3 Å². The van der Waals surface area contributed by atoms with Crippen molar-refractivity contribution >= 4 is 34.0 Å². The largest absolute Gasteiger partial charge is 0.504 e. The second-order valence-corrected chi connectivity index (χ2v) is 7.16. The summed E-state index contributed by atoms with van der Waals surface area (Å²) < 4.78 is 6.06. The second-order valence-electron chi connectivity index (χ2n) is 6.25. The zero-order valence-electron chi connectivity index (χ0n) is 15.2. The minimum Gasteiger partial charge on any atom is -0.504 e. The topological polar surface area (TPSA) is 100 Å². The number of benzene rings is 2. The fourth-order valence-electron chi connectivity index (χ4n) is 3.13. The van der Waals surface area contributed by atoms with Gasteiger partial charge in [-0.1, -0.05) is 46.3 Å². The smallest absolute Gasteiger partial charge is 0.253 e. The first-order valence-electron chi connectivity index (χ1n) is 8.82. The first-order chi connectivity index (χ1) is 13.5. The van der Waals surface area contributed by atoms with E-state index in [-0.39, 0.29) is 17.6 Å². The van der Waals surface area contributed by atoms with Gasteiger partial charge in [-0.15, -0.1) is 0 Å². The maximum absolute atomic E-state index is 12.6. The van der Waals surface area contributed by atoms with Crippen molar-refractivity contribution in [3.05, 3.63) is 58.1 Å². The van der Waals surface area contributed by atoms with Gasteiger partial charge in [0.25, 0.3) is 5.91 Å². The molecule has 1 heterocycles. The van der Waals surface area contributed by atoms with Crippen molar-refractivity contribution in [2.24, 2.45) is 11.0 Å². The molecule has 1 aliphatic heterocycles. The predicted molar refractivity (Wildman–Crippen MR) is 108 cm³/mol. The number of carbonyl (C=O) groups excluding carboxylic acids is 2. The fraction of sp³-hybridized carbons (Fsp3) is 0.250. The van der Waals surface area contributed by atoms with Crippen LogP contribution in [0.1, 0.15) is 24.0 Å². The van der Waals surface area contributed by atoms with Gasteiger partial charge in [0.1, 0.15) is 5.92 Å². The van der Waals surface area contributed by atoms with Gasteiger partial charge in [-0.3, -0.25) is 9.59 Å². The minimum absolute atomic E-state index is 0.0798. The fourth-order valence-corrected chi connectivity index (χ4v) is 3.58. The highest BCUT2D eigenvalue weighted by atomic mass is 79.9. The monoisotopic (exact) mass is 445 g/mol. The Morgan fingerprint density at radius 1 is 1.39 bits per heavy atom. The van der Waals surface area contributed by atoms with E-state index in [9.17, 15) is 14.7 Å². The summed E-state index contributed by atoms with van der Waals surface area (Å²) in [4.78, 5) is 24.7. The molecule has 8 heteroatoms. The Balaban J connectivity index is 1.73. The number of nitrogens with one attached hydrogen (secondary N) is 2. The third-order valence-electron chi connectivity index (χ3n) is 4.44. The molecule has 28 heavy (non-hydrogen) atoms. The lowest BCUT2D eigenvalue weighted by Gasteiger charge is -2.15. The molecular formula is C20H20BrN3O4. The van der Waals surface area contributed by atoms with Gasteiger partial charge < -0.3 is 15.2 Å². The molecule has 7 nitrogen and oxygen atoms in total. The third kappa shape index (κ3) is 4.33. The number of aromatic hydroxyl groups is 1. The van der Waals surface area contributed by atoms with Gasteiger partial charge in [0.15, 0.2) is 11.5 Å². The van der Waals surface area contributed by atoms with Crippen LogP contribution in [0.2, 0.25) is 0 Å². The number of amides is 2. The Bertz CT molecular complexity index is 902. The van der Waals surface area contributed by atoms with Crippen LogP contribution in [0.5, 0.6) is 11.5 Å². The molecule has 0 aliphatic carbocycles. The van der Waals surface area contributed by atoms with E-state index in [2.05, 4.69) is 31.8 Å². The number of nitrogens with zero attached hydrogens (tertiary/aromatic N) is 1. The number of phenols is 1. The van der Waals surface area contributed by atoms with Crippen LogP contribution in [0.15, 0.2) is 52.0 Å². The Hall–Kier alpha value is -2.87. The van der Waals surface area contributed by atoms with E-state index in [0.717, 1.165) is 5.56 Å². The first kappa shape index (κ1) is 19.9. The van der Waals surface area contributed by atoms with Crippen molar-refractivity contribution in [2.75, 3.05) is 13.2 Å². The summed E-state index contributed by atoms with van der Waals surface area (Å²) in [5, 5.41) is 16.9. The van der Waals surface area contributed by atoms with Crippen molar-refractivity contribution in [1.29, 1.82) is 0 Å². The maximum atomic E-state index is 12.6. The number of phenolic OH excluding ortho intramolecular Hbond substituents is 1. The van der Waals surface area contributed by atoms with Crippen LogP contribution < -0.4 is 15.5 Å². The third-order valence-corrected chi connectivity index (χ3v) is 4.90. The summed E-state index contributed by atoms with van der Waals surface area (Å²) in [5.41, 5.74) is 3.69. The standard InChI is InChI=1S/C20H20BrN3O4/c1-2-28-16-9-14(21)8-13(18(16)25)10-23-24-20(27)17-15(11-22-19(17)26)12-6-4-3-5-7-12/h3-10,15,17,25H,2,11H2,1H3,(H,22,26)(H,24,27)/b23-10+/t15-,17+/m1/s1. The summed E-state index contributed by atoms with van der Waals surface area (Å²) in [7, 11) is 0. The molecule has 2 aromatic carbocycles. The van der Waals surface area contributed by atoms with Crippen LogP contribution in [0, 0.1) is 5.92 Å². The van der Waals surface area contributed by atoms with E-state index in [1.54, 1.807) is 12.1 Å². The number of carbonyl (C=O) groups is 2. The number of hydrogen-bond acceptors (Lipinski definition) is 5. The Morgan fingerprint density at radius 3 is 2.86 bits per heavy atom. The normalized spacial score (nSPS) is 18.9. The molecule has 0 saturated carbocycles. The molecule has 1 aliphatic rings. The molecule has 146 valence electrons. The molecule has 0 unspecified atom stereocenters. The molecule has 1 saturated heterocycles. The molecular weight excluding hydrogens is 426 g/mol. The van der Waals surface area contributed by atoms with Gasteiger partial charge in [-0.05, 0) is 24.6 Å². The molecule has 2 atom stereocenters. The lowest BCUT2D eigenvalue weighted by molar-refractivity contribution is -0.133. The highest BCUT2D eigenvalue weighted by Gasteiger charge is 2.40. The number of rotatable bonds is 6. The molecule has 2 amide bonds. The number of hydrazone groups is 1. The molecule has 3 N–H and O–H groups in total. The van der Waals surface area contributed by atoms with Crippen molar-refractivity contribution in [2.45, 2.75) is 12.8 Å². The molecule has 1 fully saturated rings. The van der Waals surface area contributed by atoms with Gasteiger partial charge in [-0.25, -0.2) is 5.43 Å². The molecule has 0 aromatic heterocycles. The highest BCUT2D eigenvalue weighted by Crippen LogP contribution is 2.33. The van der Waals surface area contributed by atoms with E-state index >= 15 is 0 Å². The number of halogens is 1. The van der Waals surface area contributed by atoms with Gasteiger partial charge in [0.05, 0.1) is 12.8 Å². The van der Waals surface area contributed by atoms with Crippen LogP contribution in [0.25, 0.3) is 0 Å². The lowest BCUT2D eigenvalue weighted by Crippen LogP contribution is -2.34. The average molecular weight is 446 g/mol. The minimum atomic E-state index is -0.866. The number of ether oxygens (including phenoxy) is 1. The van der Waals surface area contributed by atoms with Crippen LogP contribution in [0.3, 0.4) is 0 Å². The van der Waals surface area contributed by atoms with Crippen molar-refractivity contribution in [1.82, 2.24) is 10.7 Å². The zero-order valence-corrected chi connectivity index (χ0v) is 16.8. The van der Waals surface area contributed by atoms with Crippen LogP contribution >= 0.6 is 15.9 Å². The summed E-state index contributed by atoms with van der Waals surface area (Å²) in [6, 6.07) is 12.7. The van der Waals surface area contributed by atoms with Gasteiger partial charge in [0.2, 0.25) is 5.91 Å².